The van der Waals surface area contributed by atoms with Crippen molar-refractivity contribution in [1.29, 1.82) is 5.41 Å². The Balaban J connectivity index is 0. The van der Waals surface area contributed by atoms with E-state index in [2.05, 4.69) is 18.8 Å². The van der Waals surface area contributed by atoms with Crippen molar-refractivity contribution in [3.63, 3.8) is 0 Å². The molecule has 0 heterocycles. The Kier molecular flexibility index (Phi) is 12.5. The summed E-state index contributed by atoms with van der Waals surface area (Å²) in [6, 6.07) is 0. The van der Waals surface area contributed by atoms with Crippen LogP contribution in [0.25, 0.3) is 0 Å². The molecule has 0 radical (unpaired) electrons. The molecule has 0 saturated heterocycles. The van der Waals surface area contributed by atoms with Crippen molar-refractivity contribution in [3.8, 4) is 0 Å². The maximum Gasteiger partial charge on any atom is 0.108 e. The van der Waals surface area contributed by atoms with E-state index in [1.165, 1.54) is 6.42 Å². The third-order valence-corrected chi connectivity index (χ3v) is 0.268. The molecular formula is C6H15N3. The Hall–Kier alpha value is -0.860. The highest BCUT2D eigenvalue weighted by Crippen LogP contribution is 1.56. The number of aliphatic imine (C=N–C) groups is 1. The fourth-order valence-electron chi connectivity index (χ4n) is 0.102. The van der Waals surface area contributed by atoms with Gasteiger partial charge in [-0.1, -0.05) is 20.3 Å². The van der Waals surface area contributed by atoms with E-state index in [4.69, 9.17) is 11.1 Å². The molecule has 0 amide bonds. The van der Waals surface area contributed by atoms with E-state index in [9.17, 15) is 0 Å². The molecule has 3 heteroatoms. The van der Waals surface area contributed by atoms with Gasteiger partial charge in [-0.3, -0.25) is 5.41 Å². The van der Waals surface area contributed by atoms with Gasteiger partial charge in [-0.2, -0.15) is 0 Å². The molecule has 0 aromatic rings. The average molecular weight is 129 g/mol. The summed E-state index contributed by atoms with van der Waals surface area (Å²) in [6.45, 7) is 5.88. The van der Waals surface area contributed by atoms with E-state index in [0.29, 0.717) is 5.84 Å². The van der Waals surface area contributed by atoms with Crippen LogP contribution in [-0.2, 0) is 0 Å². The second-order valence-corrected chi connectivity index (χ2v) is 1.61. The number of hydrogen-bond donors (Lipinski definition) is 2. The number of nitrogens with zero attached hydrogens (tertiary/aromatic N) is 1. The fraction of sp³-hybridized carbons (Fsp3) is 0.667. The van der Waals surface area contributed by atoms with Gasteiger partial charge < -0.3 is 5.73 Å². The highest BCUT2D eigenvalue weighted by Gasteiger charge is 1.65. The Morgan fingerprint density at radius 1 is 1.67 bits per heavy atom. The van der Waals surface area contributed by atoms with Crippen LogP contribution in [0.4, 0.5) is 0 Å². The first-order valence-corrected chi connectivity index (χ1v) is 2.97. The van der Waals surface area contributed by atoms with Gasteiger partial charge in [0.1, 0.15) is 6.34 Å². The second-order valence-electron chi connectivity index (χ2n) is 1.61. The summed E-state index contributed by atoms with van der Waals surface area (Å²) in [6.07, 6.45) is 2.16. The normalized spacial score (nSPS) is 9.44. The quantitative estimate of drug-likeness (QED) is 0.408. The van der Waals surface area contributed by atoms with Gasteiger partial charge in [0, 0.05) is 0 Å². The Labute approximate surface area is 56.5 Å². The minimum absolute atomic E-state index is 0.421. The van der Waals surface area contributed by atoms with Crippen LogP contribution in [0.2, 0.25) is 0 Å². The summed E-state index contributed by atoms with van der Waals surface area (Å²) in [5.41, 5.74) is 5.00. The monoisotopic (exact) mass is 129 g/mol. The summed E-state index contributed by atoms with van der Waals surface area (Å²) in [5.74, 6) is 0.421. The summed E-state index contributed by atoms with van der Waals surface area (Å²) in [7, 11) is 0. The lowest BCUT2D eigenvalue weighted by atomic mass is 10.6. The summed E-state index contributed by atoms with van der Waals surface area (Å²) < 4.78 is 0. The van der Waals surface area contributed by atoms with E-state index in [1.807, 2.05) is 0 Å². The predicted molar refractivity (Wildman–Crippen MR) is 42.0 cm³/mol. The molecule has 0 unspecified atom stereocenters. The van der Waals surface area contributed by atoms with Crippen LogP contribution in [0, 0.1) is 5.41 Å². The van der Waals surface area contributed by atoms with Gasteiger partial charge in [0.05, 0.1) is 5.84 Å². The molecule has 0 spiro atoms. The van der Waals surface area contributed by atoms with Crippen molar-refractivity contribution in [2.45, 2.75) is 27.2 Å². The number of nitrogens with one attached hydrogen (secondary N) is 1. The average Bonchev–Trinajstić information content (AvgIpc) is 1.67. The van der Waals surface area contributed by atoms with Gasteiger partial charge in [-0.25, -0.2) is 4.99 Å². The predicted octanol–water partition coefficient (Wildman–Crippen LogP) is 1.39. The topological polar surface area (TPSA) is 62.2 Å². The van der Waals surface area contributed by atoms with Gasteiger partial charge in [0.2, 0.25) is 0 Å². The van der Waals surface area contributed by atoms with E-state index in [1.54, 1.807) is 6.92 Å². The zero-order valence-corrected chi connectivity index (χ0v) is 6.31. The lowest BCUT2D eigenvalue weighted by Crippen LogP contribution is -2.04. The third-order valence-electron chi connectivity index (χ3n) is 0.268. The maximum atomic E-state index is 6.34. The van der Waals surface area contributed by atoms with Crippen LogP contribution in [-0.4, -0.2) is 12.2 Å². The Morgan fingerprint density at radius 2 is 2.00 bits per heavy atom. The van der Waals surface area contributed by atoms with Crippen molar-refractivity contribution in [2.75, 3.05) is 0 Å². The summed E-state index contributed by atoms with van der Waals surface area (Å²) in [5, 5.41) is 6.34. The number of nitrogens with two attached hydrogens (primary N) is 1. The third kappa shape index (κ3) is 41.2. The second kappa shape index (κ2) is 10.2. The number of amidine groups is 1. The SMILES string of the molecule is CC(N)=NC=N.CCC. The molecule has 9 heavy (non-hydrogen) atoms. The fourth-order valence-corrected chi connectivity index (χ4v) is 0.102. The van der Waals surface area contributed by atoms with Crippen LogP contribution in [0.5, 0.6) is 0 Å². The van der Waals surface area contributed by atoms with Crippen molar-refractivity contribution < 1.29 is 0 Å². The van der Waals surface area contributed by atoms with E-state index in [0.717, 1.165) is 6.34 Å². The molecule has 0 aliphatic carbocycles. The number of rotatable bonds is 1. The lowest BCUT2D eigenvalue weighted by Gasteiger charge is -1.76. The first-order chi connectivity index (χ1) is 4.18. The molecule has 0 saturated carbocycles. The van der Waals surface area contributed by atoms with Crippen molar-refractivity contribution >= 4 is 12.2 Å². The van der Waals surface area contributed by atoms with Gasteiger partial charge >= 0.3 is 0 Å². The molecule has 0 aromatic carbocycles. The first kappa shape index (κ1) is 11.0. The molecule has 0 aromatic heterocycles. The molecular weight excluding hydrogens is 114 g/mol. The molecule has 0 aliphatic rings. The summed E-state index contributed by atoms with van der Waals surface area (Å²) >= 11 is 0. The zero-order valence-electron chi connectivity index (χ0n) is 6.31. The smallest absolute Gasteiger partial charge is 0.108 e. The van der Waals surface area contributed by atoms with Crippen LogP contribution >= 0.6 is 0 Å². The highest BCUT2D eigenvalue weighted by atomic mass is 14.8. The lowest BCUT2D eigenvalue weighted by molar-refractivity contribution is 1.09. The standard InChI is InChI=1S/C3H7N3.C3H8/c1-3(5)6-2-4;1-3-2/h2H,1H3,(H3,4,5,6);3H2,1-2H3. The molecule has 3 N–H and O–H groups in total. The van der Waals surface area contributed by atoms with Crippen LogP contribution in [0.1, 0.15) is 27.2 Å². The van der Waals surface area contributed by atoms with E-state index >= 15 is 0 Å². The van der Waals surface area contributed by atoms with Gasteiger partial charge in [0.15, 0.2) is 0 Å². The molecule has 0 bridgehead atoms. The van der Waals surface area contributed by atoms with Gasteiger partial charge in [-0.15, -0.1) is 0 Å². The maximum absolute atomic E-state index is 6.34. The summed E-state index contributed by atoms with van der Waals surface area (Å²) in [4.78, 5) is 3.36. The van der Waals surface area contributed by atoms with Crippen LogP contribution in [0.3, 0.4) is 0 Å². The Morgan fingerprint density at radius 3 is 2.00 bits per heavy atom. The Bertz CT molecular complexity index is 82.3. The molecule has 0 aliphatic heterocycles. The molecule has 0 atom stereocenters. The van der Waals surface area contributed by atoms with E-state index in [-0.39, 0.29) is 0 Å². The molecule has 0 rings (SSSR count). The van der Waals surface area contributed by atoms with Crippen molar-refractivity contribution in [1.82, 2.24) is 0 Å². The minimum Gasteiger partial charge on any atom is -0.387 e. The molecule has 54 valence electrons. The van der Waals surface area contributed by atoms with Crippen molar-refractivity contribution in [2.24, 2.45) is 10.7 Å². The van der Waals surface area contributed by atoms with Crippen LogP contribution in [0.15, 0.2) is 4.99 Å². The first-order valence-electron chi connectivity index (χ1n) is 2.97. The van der Waals surface area contributed by atoms with Gasteiger partial charge in [-0.05, 0) is 6.92 Å². The van der Waals surface area contributed by atoms with E-state index < -0.39 is 0 Å². The zero-order chi connectivity index (χ0) is 7.70. The van der Waals surface area contributed by atoms with Crippen molar-refractivity contribution in [3.05, 3.63) is 0 Å². The number of hydrogen-bond acceptors (Lipinski definition) is 1. The molecule has 3 nitrogen and oxygen atoms in total. The highest BCUT2D eigenvalue weighted by molar-refractivity contribution is 5.84. The van der Waals surface area contributed by atoms with Crippen LogP contribution < -0.4 is 5.73 Å². The largest absolute Gasteiger partial charge is 0.387 e. The molecule has 0 fully saturated rings. The van der Waals surface area contributed by atoms with Gasteiger partial charge in [0.25, 0.3) is 0 Å². The minimum atomic E-state index is 0.421.